The van der Waals surface area contributed by atoms with E-state index in [2.05, 4.69) is 5.32 Å². The van der Waals surface area contributed by atoms with Gasteiger partial charge in [-0.1, -0.05) is 12.1 Å². The van der Waals surface area contributed by atoms with Crippen LogP contribution < -0.4 is 15.0 Å². The largest absolute Gasteiger partial charge is 0.490 e. The number of para-hydroxylation sites is 2. The minimum absolute atomic E-state index is 0.164. The number of hydrogen-bond donors (Lipinski definition) is 1. The molecule has 0 aliphatic carbocycles. The lowest BCUT2D eigenvalue weighted by atomic mass is 9.96. The van der Waals surface area contributed by atoms with E-state index in [9.17, 15) is 4.79 Å². The molecule has 0 saturated carbocycles. The van der Waals surface area contributed by atoms with Crippen LogP contribution in [0.5, 0.6) is 5.75 Å². The Bertz CT molecular complexity index is 441. The second-order valence-corrected chi connectivity index (χ2v) is 4.83. The summed E-state index contributed by atoms with van der Waals surface area (Å²) < 4.78 is 5.58. The molecule has 1 fully saturated rings. The summed E-state index contributed by atoms with van der Waals surface area (Å²) in [6.07, 6.45) is 1.89. The van der Waals surface area contributed by atoms with Gasteiger partial charge in [-0.15, -0.1) is 0 Å². The van der Waals surface area contributed by atoms with Gasteiger partial charge in [-0.2, -0.15) is 0 Å². The van der Waals surface area contributed by atoms with Gasteiger partial charge in [0, 0.05) is 5.92 Å². The number of benzene rings is 1. The number of carbonyl (C=O) groups excluding carboxylic acids is 1. The summed E-state index contributed by atoms with van der Waals surface area (Å²) in [6.45, 7) is 3.15. The summed E-state index contributed by atoms with van der Waals surface area (Å²) in [4.78, 5) is 14.5. The summed E-state index contributed by atoms with van der Waals surface area (Å²) in [6, 6.07) is 7.79. The molecule has 96 valence electrons. The first kappa shape index (κ1) is 11.5. The van der Waals surface area contributed by atoms with Crippen molar-refractivity contribution in [3.63, 3.8) is 0 Å². The Morgan fingerprint density at radius 3 is 2.89 bits per heavy atom. The van der Waals surface area contributed by atoms with Crippen LogP contribution >= 0.6 is 0 Å². The molecule has 1 aromatic rings. The minimum atomic E-state index is 0.164. The summed E-state index contributed by atoms with van der Waals surface area (Å²) >= 11 is 0. The van der Waals surface area contributed by atoms with E-state index in [1.165, 1.54) is 0 Å². The van der Waals surface area contributed by atoms with Crippen molar-refractivity contribution in [1.82, 2.24) is 5.32 Å². The third-order valence-corrected chi connectivity index (χ3v) is 3.68. The van der Waals surface area contributed by atoms with E-state index >= 15 is 0 Å². The fourth-order valence-corrected chi connectivity index (χ4v) is 2.69. The number of fused-ring (bicyclic) bond motifs is 1. The first-order valence-corrected chi connectivity index (χ1v) is 6.60. The number of amides is 1. The average Bonchev–Trinajstić information content (AvgIpc) is 2.47. The van der Waals surface area contributed by atoms with Crippen molar-refractivity contribution < 1.29 is 9.53 Å². The highest BCUT2D eigenvalue weighted by molar-refractivity contribution is 5.96. The van der Waals surface area contributed by atoms with E-state index in [1.807, 2.05) is 29.2 Å². The molecule has 2 aliphatic rings. The summed E-state index contributed by atoms with van der Waals surface area (Å²) in [7, 11) is 0. The number of nitrogens with zero attached hydrogens (tertiary/aromatic N) is 1. The Morgan fingerprint density at radius 2 is 2.06 bits per heavy atom. The Kier molecular flexibility index (Phi) is 3.19. The van der Waals surface area contributed by atoms with Gasteiger partial charge in [0.05, 0.1) is 12.2 Å². The number of ether oxygens (including phenoxy) is 1. The number of carbonyl (C=O) groups is 1. The molecule has 0 bridgehead atoms. The van der Waals surface area contributed by atoms with Gasteiger partial charge >= 0.3 is 0 Å². The molecule has 0 aromatic heterocycles. The monoisotopic (exact) mass is 246 g/mol. The van der Waals surface area contributed by atoms with Crippen molar-refractivity contribution >= 4 is 11.6 Å². The fourth-order valence-electron chi connectivity index (χ4n) is 2.69. The zero-order valence-electron chi connectivity index (χ0n) is 10.4. The average molecular weight is 246 g/mol. The molecule has 0 spiro atoms. The topological polar surface area (TPSA) is 41.6 Å². The van der Waals surface area contributed by atoms with Crippen LogP contribution in [0.4, 0.5) is 5.69 Å². The lowest BCUT2D eigenvalue weighted by Gasteiger charge is -2.33. The van der Waals surface area contributed by atoms with Gasteiger partial charge in [0.1, 0.15) is 12.4 Å². The smallest absolute Gasteiger partial charge is 0.230 e. The van der Waals surface area contributed by atoms with Crippen molar-refractivity contribution in [1.29, 1.82) is 0 Å². The van der Waals surface area contributed by atoms with Gasteiger partial charge in [0.2, 0.25) is 5.91 Å². The van der Waals surface area contributed by atoms with Gasteiger partial charge in [-0.25, -0.2) is 0 Å². The van der Waals surface area contributed by atoms with Crippen molar-refractivity contribution in [2.45, 2.75) is 12.8 Å². The molecule has 3 rings (SSSR count). The Morgan fingerprint density at radius 1 is 1.28 bits per heavy atom. The molecule has 0 radical (unpaired) electrons. The fraction of sp³-hybridized carbons (Fsp3) is 0.500. The standard InChI is InChI=1S/C14H18N2O2/c17-14(11-5-7-15-8-6-11)16-9-10-18-13-4-2-1-3-12(13)16/h1-4,11,15H,5-10H2. The molecule has 4 heteroatoms. The molecular formula is C14H18N2O2. The molecule has 0 atom stereocenters. The quantitative estimate of drug-likeness (QED) is 0.814. The maximum absolute atomic E-state index is 12.6. The van der Waals surface area contributed by atoms with E-state index in [0.717, 1.165) is 37.4 Å². The molecule has 1 amide bonds. The van der Waals surface area contributed by atoms with Crippen LogP contribution in [0.3, 0.4) is 0 Å². The highest BCUT2D eigenvalue weighted by Crippen LogP contribution is 2.32. The third kappa shape index (κ3) is 2.08. The molecule has 18 heavy (non-hydrogen) atoms. The minimum Gasteiger partial charge on any atom is -0.490 e. The number of rotatable bonds is 1. The van der Waals surface area contributed by atoms with Crippen LogP contribution in [0.15, 0.2) is 24.3 Å². The van der Waals surface area contributed by atoms with E-state index in [4.69, 9.17) is 4.74 Å². The zero-order chi connectivity index (χ0) is 12.4. The van der Waals surface area contributed by atoms with Crippen LogP contribution in [0.1, 0.15) is 12.8 Å². The zero-order valence-corrected chi connectivity index (χ0v) is 10.4. The second-order valence-electron chi connectivity index (χ2n) is 4.83. The number of piperidine rings is 1. The van der Waals surface area contributed by atoms with Crippen LogP contribution in [-0.2, 0) is 4.79 Å². The number of nitrogens with one attached hydrogen (secondary N) is 1. The summed E-state index contributed by atoms with van der Waals surface area (Å²) in [5, 5.41) is 3.30. The van der Waals surface area contributed by atoms with Crippen molar-refractivity contribution in [3.8, 4) is 5.75 Å². The molecule has 0 unspecified atom stereocenters. The number of hydrogen-bond acceptors (Lipinski definition) is 3. The number of anilines is 1. The third-order valence-electron chi connectivity index (χ3n) is 3.68. The second kappa shape index (κ2) is 4.98. The normalized spacial score (nSPS) is 20.1. The Hall–Kier alpha value is -1.55. The predicted molar refractivity (Wildman–Crippen MR) is 69.9 cm³/mol. The molecule has 2 aliphatic heterocycles. The van der Waals surface area contributed by atoms with Gasteiger partial charge < -0.3 is 15.0 Å². The van der Waals surface area contributed by atoms with Crippen molar-refractivity contribution in [2.24, 2.45) is 5.92 Å². The lowest BCUT2D eigenvalue weighted by molar-refractivity contribution is -0.123. The lowest BCUT2D eigenvalue weighted by Crippen LogP contribution is -2.44. The Balaban J connectivity index is 1.82. The van der Waals surface area contributed by atoms with Gasteiger partial charge in [0.25, 0.3) is 0 Å². The maximum Gasteiger partial charge on any atom is 0.230 e. The molecule has 1 aromatic carbocycles. The SMILES string of the molecule is O=C(C1CCNCC1)N1CCOc2ccccc21. The highest BCUT2D eigenvalue weighted by atomic mass is 16.5. The van der Waals surface area contributed by atoms with Crippen LogP contribution in [0.2, 0.25) is 0 Å². The maximum atomic E-state index is 12.6. The van der Waals surface area contributed by atoms with Gasteiger partial charge in [-0.05, 0) is 38.1 Å². The van der Waals surface area contributed by atoms with E-state index in [0.29, 0.717) is 13.2 Å². The Labute approximate surface area is 107 Å². The van der Waals surface area contributed by atoms with Crippen molar-refractivity contribution in [3.05, 3.63) is 24.3 Å². The van der Waals surface area contributed by atoms with E-state index in [1.54, 1.807) is 0 Å². The molecular weight excluding hydrogens is 228 g/mol. The van der Waals surface area contributed by atoms with Gasteiger partial charge in [0.15, 0.2) is 0 Å². The first-order valence-electron chi connectivity index (χ1n) is 6.60. The van der Waals surface area contributed by atoms with Crippen LogP contribution in [0, 0.1) is 5.92 Å². The highest BCUT2D eigenvalue weighted by Gasteiger charge is 2.29. The summed E-state index contributed by atoms with van der Waals surface area (Å²) in [5.41, 5.74) is 0.923. The molecule has 2 heterocycles. The van der Waals surface area contributed by atoms with Gasteiger partial charge in [-0.3, -0.25) is 4.79 Å². The van der Waals surface area contributed by atoms with E-state index in [-0.39, 0.29) is 11.8 Å². The van der Waals surface area contributed by atoms with Crippen molar-refractivity contribution in [2.75, 3.05) is 31.1 Å². The molecule has 4 nitrogen and oxygen atoms in total. The van der Waals surface area contributed by atoms with Crippen LogP contribution in [0.25, 0.3) is 0 Å². The van der Waals surface area contributed by atoms with Crippen LogP contribution in [-0.4, -0.2) is 32.1 Å². The molecule has 1 saturated heterocycles. The van der Waals surface area contributed by atoms with E-state index < -0.39 is 0 Å². The summed E-state index contributed by atoms with van der Waals surface area (Å²) in [5.74, 6) is 1.25. The molecule has 1 N–H and O–H groups in total. The predicted octanol–water partition coefficient (Wildman–Crippen LogP) is 1.41. The first-order chi connectivity index (χ1) is 8.86.